The first-order valence-electron chi connectivity index (χ1n) is 8.95. The van der Waals surface area contributed by atoms with Crippen LogP contribution >= 0.6 is 23.6 Å². The maximum atomic E-state index is 13.5. The minimum Gasteiger partial charge on any atom is -0.313 e. The normalized spacial score (nSPS) is 13.1. The highest BCUT2D eigenvalue weighted by molar-refractivity contribution is 9.10. The maximum absolute atomic E-state index is 13.5. The summed E-state index contributed by atoms with van der Waals surface area (Å²) in [7, 11) is -4.30. The number of rotatable bonds is 5. The molecule has 0 fully saturated rings. The largest absolute Gasteiger partial charge is 0.396 e. The summed E-state index contributed by atoms with van der Waals surface area (Å²) in [5.74, 6) is -0.920. The van der Waals surface area contributed by atoms with E-state index in [4.69, 9.17) is 0 Å². The number of benzene rings is 4. The highest BCUT2D eigenvalue weighted by Gasteiger charge is 2.32. The Labute approximate surface area is 180 Å². The molecule has 0 saturated carbocycles. The van der Waals surface area contributed by atoms with E-state index in [-0.39, 0.29) is 5.69 Å². The molecule has 0 radical (unpaired) electrons. The van der Waals surface area contributed by atoms with Crippen molar-refractivity contribution in [2.24, 2.45) is 0 Å². The molecule has 2 N–H and O–H groups in total. The molecule has 0 aliphatic carbocycles. The topological polar surface area (TPSA) is 52.6 Å². The average molecular weight is 489 g/mol. The number of hydrogen-bond donors (Lipinski definition) is 2. The van der Waals surface area contributed by atoms with Crippen LogP contribution in [0.5, 0.6) is 0 Å². The van der Waals surface area contributed by atoms with Crippen LogP contribution in [0, 0.1) is 11.6 Å². The van der Waals surface area contributed by atoms with Crippen LogP contribution in [-0.2, 0) is 4.57 Å². The Hall–Kier alpha value is -2.73. The monoisotopic (exact) mass is 488 g/mol. The SMILES string of the molecule is O=P(O)(Nc1ccc(F)cc1)N(c1ccc(F)cc1)c1ccc2ccccc2c1Br. The van der Waals surface area contributed by atoms with E-state index in [1.807, 2.05) is 30.3 Å². The van der Waals surface area contributed by atoms with Crippen molar-refractivity contribution in [1.82, 2.24) is 0 Å². The zero-order valence-corrected chi connectivity index (χ0v) is 17.9. The van der Waals surface area contributed by atoms with Crippen molar-refractivity contribution in [1.29, 1.82) is 0 Å². The third kappa shape index (κ3) is 4.10. The molecule has 0 aliphatic rings. The predicted octanol–water partition coefficient (Wildman–Crippen LogP) is 7.23. The second-order valence-electron chi connectivity index (χ2n) is 6.57. The third-order valence-corrected chi connectivity index (χ3v) is 6.90. The Morgan fingerprint density at radius 1 is 0.833 bits per heavy atom. The number of halogens is 3. The van der Waals surface area contributed by atoms with Gasteiger partial charge >= 0.3 is 7.67 Å². The minimum absolute atomic E-state index is 0.270. The van der Waals surface area contributed by atoms with E-state index in [2.05, 4.69) is 21.0 Å². The molecule has 1 unspecified atom stereocenters. The molecular formula is C22H16BrF2N2O2P. The van der Waals surface area contributed by atoms with Crippen LogP contribution in [0.25, 0.3) is 10.8 Å². The van der Waals surface area contributed by atoms with Gasteiger partial charge in [-0.2, -0.15) is 0 Å². The van der Waals surface area contributed by atoms with Gasteiger partial charge in [-0.3, -0.25) is 9.76 Å². The Bertz CT molecular complexity index is 1250. The van der Waals surface area contributed by atoms with Gasteiger partial charge in [0.1, 0.15) is 11.6 Å². The van der Waals surface area contributed by atoms with E-state index in [9.17, 15) is 18.2 Å². The zero-order chi connectivity index (χ0) is 21.3. The zero-order valence-electron chi connectivity index (χ0n) is 15.5. The molecule has 8 heteroatoms. The van der Waals surface area contributed by atoms with Gasteiger partial charge in [-0.15, -0.1) is 0 Å². The molecule has 1 atom stereocenters. The van der Waals surface area contributed by atoms with Crippen molar-refractivity contribution in [2.45, 2.75) is 0 Å². The Balaban J connectivity index is 1.86. The molecule has 0 heterocycles. The first kappa shape index (κ1) is 20.5. The predicted molar refractivity (Wildman–Crippen MR) is 120 cm³/mol. The second kappa shape index (κ2) is 8.19. The molecule has 0 amide bonds. The van der Waals surface area contributed by atoms with Crippen molar-refractivity contribution in [3.05, 3.63) is 101 Å². The van der Waals surface area contributed by atoms with Crippen LogP contribution in [0.4, 0.5) is 25.8 Å². The summed E-state index contributed by atoms with van der Waals surface area (Å²) < 4.78 is 42.1. The van der Waals surface area contributed by atoms with Gasteiger partial charge in [0.25, 0.3) is 0 Å². The van der Waals surface area contributed by atoms with Gasteiger partial charge in [0.15, 0.2) is 0 Å². The van der Waals surface area contributed by atoms with E-state index in [0.717, 1.165) is 10.8 Å². The van der Waals surface area contributed by atoms with Gasteiger partial charge in [0.05, 0.1) is 11.4 Å². The van der Waals surface area contributed by atoms with E-state index in [1.54, 1.807) is 6.07 Å². The maximum Gasteiger partial charge on any atom is 0.396 e. The van der Waals surface area contributed by atoms with E-state index in [1.165, 1.54) is 53.2 Å². The molecule has 30 heavy (non-hydrogen) atoms. The second-order valence-corrected chi connectivity index (χ2v) is 9.08. The lowest BCUT2D eigenvalue weighted by molar-refractivity contribution is 0.484. The Morgan fingerprint density at radius 3 is 2.10 bits per heavy atom. The van der Waals surface area contributed by atoms with Gasteiger partial charge in [0.2, 0.25) is 0 Å². The lowest BCUT2D eigenvalue weighted by Gasteiger charge is -2.31. The van der Waals surface area contributed by atoms with Crippen molar-refractivity contribution < 1.29 is 18.2 Å². The molecule has 0 aliphatic heterocycles. The van der Waals surface area contributed by atoms with Crippen LogP contribution in [0.15, 0.2) is 89.4 Å². The molecular weight excluding hydrogens is 473 g/mol. The van der Waals surface area contributed by atoms with E-state index in [0.29, 0.717) is 15.8 Å². The highest BCUT2D eigenvalue weighted by atomic mass is 79.9. The highest BCUT2D eigenvalue weighted by Crippen LogP contribution is 2.55. The van der Waals surface area contributed by atoms with Gasteiger partial charge in [-0.1, -0.05) is 30.3 Å². The van der Waals surface area contributed by atoms with Crippen LogP contribution < -0.4 is 9.76 Å². The number of anilines is 3. The quantitative estimate of drug-likeness (QED) is 0.291. The van der Waals surface area contributed by atoms with Gasteiger partial charge in [0, 0.05) is 10.2 Å². The summed E-state index contributed by atoms with van der Waals surface area (Å²) in [5, 5.41) is 4.39. The molecule has 4 rings (SSSR count). The molecule has 4 aromatic carbocycles. The van der Waals surface area contributed by atoms with E-state index < -0.39 is 19.3 Å². The number of hydrogen-bond acceptors (Lipinski definition) is 1. The number of nitrogens with one attached hydrogen (secondary N) is 1. The summed E-state index contributed by atoms with van der Waals surface area (Å²) in [5.41, 5.74) is 1.000. The molecule has 4 aromatic rings. The van der Waals surface area contributed by atoms with Gasteiger partial charge in [-0.05, 0) is 81.3 Å². The lowest BCUT2D eigenvalue weighted by atomic mass is 10.1. The smallest absolute Gasteiger partial charge is 0.313 e. The molecule has 0 saturated heterocycles. The third-order valence-electron chi connectivity index (χ3n) is 4.53. The minimum atomic E-state index is -4.30. The van der Waals surface area contributed by atoms with Gasteiger partial charge < -0.3 is 4.89 Å². The fourth-order valence-electron chi connectivity index (χ4n) is 3.15. The van der Waals surface area contributed by atoms with Gasteiger partial charge in [-0.25, -0.2) is 13.3 Å². The average Bonchev–Trinajstić information content (AvgIpc) is 2.73. The summed E-state index contributed by atoms with van der Waals surface area (Å²) in [6.45, 7) is 0. The van der Waals surface area contributed by atoms with Crippen LogP contribution in [0.3, 0.4) is 0 Å². The Kier molecular flexibility index (Phi) is 5.60. The van der Waals surface area contributed by atoms with Crippen LogP contribution in [0.1, 0.15) is 0 Å². The molecule has 0 aromatic heterocycles. The molecule has 152 valence electrons. The molecule has 4 nitrogen and oxygen atoms in total. The standard InChI is InChI=1S/C22H16BrF2N2O2P/c23-22-20-4-2-1-3-15(20)5-14-21(22)27(19-12-8-17(25)9-13-19)30(28,29)26-18-10-6-16(24)7-11-18/h1-14H,(H2,26,28,29). The number of fused-ring (bicyclic) bond motifs is 1. The van der Waals surface area contributed by atoms with Crippen molar-refractivity contribution in [2.75, 3.05) is 9.76 Å². The fraction of sp³-hybridized carbons (Fsp3) is 0. The van der Waals surface area contributed by atoms with Crippen molar-refractivity contribution in [3.63, 3.8) is 0 Å². The van der Waals surface area contributed by atoms with Crippen molar-refractivity contribution in [3.8, 4) is 0 Å². The molecule has 0 bridgehead atoms. The van der Waals surface area contributed by atoms with E-state index >= 15 is 0 Å². The lowest BCUT2D eigenvalue weighted by Crippen LogP contribution is -2.19. The van der Waals surface area contributed by atoms with Crippen LogP contribution in [-0.4, -0.2) is 4.89 Å². The van der Waals surface area contributed by atoms with Crippen LogP contribution in [0.2, 0.25) is 0 Å². The molecule has 0 spiro atoms. The first-order chi connectivity index (χ1) is 14.3. The Morgan fingerprint density at radius 2 is 1.43 bits per heavy atom. The van der Waals surface area contributed by atoms with Crippen molar-refractivity contribution >= 4 is 51.4 Å². The summed E-state index contributed by atoms with van der Waals surface area (Å²) in [4.78, 5) is 11.0. The first-order valence-corrected chi connectivity index (χ1v) is 11.4. The summed E-state index contributed by atoms with van der Waals surface area (Å²) in [6.07, 6.45) is 0. The summed E-state index contributed by atoms with van der Waals surface area (Å²) >= 11 is 3.56. The summed E-state index contributed by atoms with van der Waals surface area (Å²) in [6, 6.07) is 21.5. The number of nitrogens with zero attached hydrogens (tertiary/aromatic N) is 1. The fourth-order valence-corrected chi connectivity index (χ4v) is 5.45.